The summed E-state index contributed by atoms with van der Waals surface area (Å²) in [4.78, 5) is 13.7. The third-order valence-electron chi connectivity index (χ3n) is 3.62. The molecule has 0 amide bonds. The minimum absolute atomic E-state index is 0.415. The van der Waals surface area contributed by atoms with Crippen LogP contribution in [0.1, 0.15) is 47.0 Å². The predicted molar refractivity (Wildman–Crippen MR) is 65.5 cm³/mol. The summed E-state index contributed by atoms with van der Waals surface area (Å²) >= 11 is 0. The zero-order valence-corrected chi connectivity index (χ0v) is 11.0. The van der Waals surface area contributed by atoms with Gasteiger partial charge < -0.3 is 5.11 Å². The molecule has 1 rings (SSSR count). The van der Waals surface area contributed by atoms with Gasteiger partial charge in [-0.3, -0.25) is 9.69 Å². The number of nitrogens with zero attached hydrogens (tertiary/aromatic N) is 1. The lowest BCUT2D eigenvalue weighted by molar-refractivity contribution is -0.153. The molecule has 3 heteroatoms. The molecule has 1 fully saturated rings. The second-order valence-electron chi connectivity index (χ2n) is 5.87. The fourth-order valence-electron chi connectivity index (χ4n) is 2.78. The summed E-state index contributed by atoms with van der Waals surface area (Å²) in [6.45, 7) is 10.1. The number of rotatable bonds is 4. The Morgan fingerprint density at radius 1 is 1.56 bits per heavy atom. The normalized spacial score (nSPS) is 26.7. The number of hydrogen-bond donors (Lipinski definition) is 1. The van der Waals surface area contributed by atoms with Gasteiger partial charge in [-0.25, -0.2) is 0 Å². The van der Waals surface area contributed by atoms with Crippen molar-refractivity contribution in [3.8, 4) is 0 Å². The number of aliphatic carboxylic acids is 1. The summed E-state index contributed by atoms with van der Waals surface area (Å²) in [5.74, 6) is 0.369. The number of carboxylic acid groups (broad SMARTS) is 1. The minimum atomic E-state index is -0.678. The molecule has 1 N–H and O–H groups in total. The summed E-state index contributed by atoms with van der Waals surface area (Å²) in [5, 5.41) is 9.48. The first-order valence-corrected chi connectivity index (χ1v) is 6.34. The van der Waals surface area contributed by atoms with Gasteiger partial charge in [0.05, 0.1) is 0 Å². The lowest BCUT2D eigenvalue weighted by Gasteiger charge is -2.43. The molecule has 0 aliphatic carbocycles. The van der Waals surface area contributed by atoms with Crippen molar-refractivity contribution in [1.82, 2.24) is 4.90 Å². The summed E-state index contributed by atoms with van der Waals surface area (Å²) in [7, 11) is 0. The van der Waals surface area contributed by atoms with Crippen molar-refractivity contribution in [2.75, 3.05) is 13.1 Å². The van der Waals surface area contributed by atoms with Crippen molar-refractivity contribution in [3.05, 3.63) is 0 Å². The van der Waals surface area contributed by atoms with Crippen LogP contribution in [-0.2, 0) is 4.79 Å². The van der Waals surface area contributed by atoms with Gasteiger partial charge in [0, 0.05) is 6.54 Å². The van der Waals surface area contributed by atoms with Crippen molar-refractivity contribution in [3.63, 3.8) is 0 Å². The van der Waals surface area contributed by atoms with Gasteiger partial charge in [-0.15, -0.1) is 0 Å². The first-order valence-electron chi connectivity index (χ1n) is 6.34. The first-order chi connectivity index (χ1) is 7.36. The summed E-state index contributed by atoms with van der Waals surface area (Å²) in [5.41, 5.74) is -0.678. The van der Waals surface area contributed by atoms with E-state index in [4.69, 9.17) is 0 Å². The van der Waals surface area contributed by atoms with E-state index in [1.54, 1.807) is 0 Å². The average Bonchev–Trinajstić information content (AvgIpc) is 2.16. The van der Waals surface area contributed by atoms with Crippen LogP contribution in [0.15, 0.2) is 0 Å². The van der Waals surface area contributed by atoms with Crippen LogP contribution in [0, 0.1) is 11.8 Å². The van der Waals surface area contributed by atoms with Crippen molar-refractivity contribution < 1.29 is 9.90 Å². The fourth-order valence-corrected chi connectivity index (χ4v) is 2.78. The fraction of sp³-hybridized carbons (Fsp3) is 0.923. The lowest BCUT2D eigenvalue weighted by atomic mass is 9.86. The van der Waals surface area contributed by atoms with Crippen LogP contribution in [0.5, 0.6) is 0 Å². The molecular formula is C13H25NO2. The van der Waals surface area contributed by atoms with Gasteiger partial charge in [0.2, 0.25) is 0 Å². The molecule has 16 heavy (non-hydrogen) atoms. The molecule has 3 nitrogen and oxygen atoms in total. The molecule has 0 saturated carbocycles. The van der Waals surface area contributed by atoms with E-state index in [2.05, 4.69) is 25.7 Å². The van der Waals surface area contributed by atoms with Crippen LogP contribution < -0.4 is 0 Å². The first kappa shape index (κ1) is 13.5. The summed E-state index contributed by atoms with van der Waals surface area (Å²) < 4.78 is 0. The maximum Gasteiger partial charge on any atom is 0.323 e. The highest BCUT2D eigenvalue weighted by molar-refractivity contribution is 5.78. The topological polar surface area (TPSA) is 40.5 Å². The molecule has 0 aromatic carbocycles. The Labute approximate surface area is 98.8 Å². The Morgan fingerprint density at radius 2 is 2.19 bits per heavy atom. The number of carboxylic acids is 1. The highest BCUT2D eigenvalue weighted by atomic mass is 16.4. The molecule has 94 valence electrons. The molecule has 0 aromatic rings. The Balaban J connectivity index is 2.79. The van der Waals surface area contributed by atoms with Crippen molar-refractivity contribution in [2.24, 2.45) is 11.8 Å². The summed E-state index contributed by atoms with van der Waals surface area (Å²) in [6, 6.07) is 0. The number of likely N-dealkylation sites (tertiary alicyclic amines) is 1. The van der Waals surface area contributed by atoms with E-state index in [0.29, 0.717) is 11.8 Å². The van der Waals surface area contributed by atoms with Crippen LogP contribution >= 0.6 is 0 Å². The Morgan fingerprint density at radius 3 is 2.62 bits per heavy atom. The number of hydrogen-bond acceptors (Lipinski definition) is 2. The molecule has 2 atom stereocenters. The smallest absolute Gasteiger partial charge is 0.323 e. The van der Waals surface area contributed by atoms with E-state index in [1.807, 2.05) is 6.92 Å². The van der Waals surface area contributed by atoms with Crippen LogP contribution in [0.25, 0.3) is 0 Å². The Bertz CT molecular complexity index is 252. The van der Waals surface area contributed by atoms with Gasteiger partial charge in [0.15, 0.2) is 0 Å². The van der Waals surface area contributed by atoms with Gasteiger partial charge >= 0.3 is 5.97 Å². The second kappa shape index (κ2) is 5.17. The average molecular weight is 227 g/mol. The van der Waals surface area contributed by atoms with Crippen molar-refractivity contribution in [2.45, 2.75) is 52.5 Å². The lowest BCUT2D eigenvalue weighted by Crippen LogP contribution is -2.56. The molecule has 1 aliphatic heterocycles. The molecule has 1 heterocycles. The Hall–Kier alpha value is -0.570. The molecule has 1 aliphatic rings. The quantitative estimate of drug-likeness (QED) is 0.802. The minimum Gasteiger partial charge on any atom is -0.480 e. The van der Waals surface area contributed by atoms with Crippen LogP contribution in [0.3, 0.4) is 0 Å². The monoisotopic (exact) mass is 227 g/mol. The highest BCUT2D eigenvalue weighted by Gasteiger charge is 2.41. The standard InChI is InChI=1S/C13H25NO2/c1-10(2)8-13(4,12(15)16)14-7-5-6-11(3)9-14/h10-11H,5-9H2,1-4H3,(H,15,16). The van der Waals surface area contributed by atoms with Crippen LogP contribution in [0.4, 0.5) is 0 Å². The SMILES string of the molecule is CC(C)CC(C)(C(=O)O)N1CCCC(C)C1. The van der Waals surface area contributed by atoms with Gasteiger partial charge in [-0.05, 0) is 44.6 Å². The largest absolute Gasteiger partial charge is 0.480 e. The molecule has 1 saturated heterocycles. The highest BCUT2D eigenvalue weighted by Crippen LogP contribution is 2.29. The molecule has 0 aromatic heterocycles. The molecular weight excluding hydrogens is 202 g/mol. The summed E-state index contributed by atoms with van der Waals surface area (Å²) in [6.07, 6.45) is 3.09. The molecule has 0 radical (unpaired) electrons. The molecule has 0 spiro atoms. The Kier molecular flexibility index (Phi) is 4.36. The van der Waals surface area contributed by atoms with E-state index < -0.39 is 11.5 Å². The maximum atomic E-state index is 11.5. The van der Waals surface area contributed by atoms with Gasteiger partial charge in [-0.1, -0.05) is 20.8 Å². The van der Waals surface area contributed by atoms with Gasteiger partial charge in [0.25, 0.3) is 0 Å². The van der Waals surface area contributed by atoms with Gasteiger partial charge in [0.1, 0.15) is 5.54 Å². The zero-order valence-electron chi connectivity index (χ0n) is 11.0. The van der Waals surface area contributed by atoms with Gasteiger partial charge in [-0.2, -0.15) is 0 Å². The maximum absolute atomic E-state index is 11.5. The predicted octanol–water partition coefficient (Wildman–Crippen LogP) is 2.61. The third-order valence-corrected chi connectivity index (χ3v) is 3.62. The number of piperidine rings is 1. The van der Waals surface area contributed by atoms with Crippen molar-refractivity contribution >= 4 is 5.97 Å². The zero-order chi connectivity index (χ0) is 12.3. The van der Waals surface area contributed by atoms with E-state index in [1.165, 1.54) is 6.42 Å². The van der Waals surface area contributed by atoms with Crippen LogP contribution in [-0.4, -0.2) is 34.6 Å². The van der Waals surface area contributed by atoms with Crippen LogP contribution in [0.2, 0.25) is 0 Å². The second-order valence-corrected chi connectivity index (χ2v) is 5.87. The molecule has 2 unspecified atom stereocenters. The van der Waals surface area contributed by atoms with E-state index >= 15 is 0 Å². The number of carbonyl (C=O) groups is 1. The van der Waals surface area contributed by atoms with E-state index in [-0.39, 0.29) is 0 Å². The molecule has 0 bridgehead atoms. The third kappa shape index (κ3) is 2.97. The van der Waals surface area contributed by atoms with E-state index in [0.717, 1.165) is 25.9 Å². The van der Waals surface area contributed by atoms with Crippen molar-refractivity contribution in [1.29, 1.82) is 0 Å². The van der Waals surface area contributed by atoms with E-state index in [9.17, 15) is 9.90 Å².